The Bertz CT molecular complexity index is 449. The lowest BCUT2D eigenvalue weighted by Crippen LogP contribution is -2.35. The number of carbonyl (C=O) groups excluding carboxylic acids is 1. The number of nitrogens with one attached hydrogen (secondary N) is 1. The van der Waals surface area contributed by atoms with Crippen LogP contribution in [0.5, 0.6) is 0 Å². The molecule has 0 saturated heterocycles. The number of nitrogens with zero attached hydrogens (tertiary/aromatic N) is 1. The van der Waals surface area contributed by atoms with Crippen LogP contribution in [-0.2, 0) is 11.3 Å². The van der Waals surface area contributed by atoms with Gasteiger partial charge in [0.25, 0.3) is 0 Å². The molecule has 0 saturated carbocycles. The van der Waals surface area contributed by atoms with Gasteiger partial charge in [-0.3, -0.25) is 0 Å². The van der Waals surface area contributed by atoms with Crippen molar-refractivity contribution < 1.29 is 9.53 Å². The zero-order valence-corrected chi connectivity index (χ0v) is 15.9. The van der Waals surface area contributed by atoms with Crippen LogP contribution >= 0.6 is 27.3 Å². The molecule has 1 aromatic rings. The number of hydrogen-bond donors (Lipinski definition) is 1. The minimum absolute atomic E-state index is 0.264. The van der Waals surface area contributed by atoms with E-state index in [4.69, 9.17) is 4.74 Å². The third-order valence-corrected chi connectivity index (χ3v) is 4.90. The molecular formula is C15H25BrN2O2S. The van der Waals surface area contributed by atoms with E-state index in [9.17, 15) is 4.79 Å². The Morgan fingerprint density at radius 3 is 2.67 bits per heavy atom. The van der Waals surface area contributed by atoms with E-state index in [1.54, 1.807) is 23.3 Å². The summed E-state index contributed by atoms with van der Waals surface area (Å²) < 4.78 is 6.48. The maximum Gasteiger partial charge on any atom is 0.410 e. The number of thiophene rings is 1. The maximum absolute atomic E-state index is 11.8. The fraction of sp³-hybridized carbons (Fsp3) is 0.667. The van der Waals surface area contributed by atoms with Crippen molar-refractivity contribution in [2.45, 2.75) is 46.3 Å². The number of halogens is 1. The fourth-order valence-corrected chi connectivity index (χ4v) is 3.26. The average molecular weight is 377 g/mol. The number of amides is 1. The van der Waals surface area contributed by atoms with Gasteiger partial charge in [0.2, 0.25) is 0 Å². The molecule has 0 bridgehead atoms. The van der Waals surface area contributed by atoms with Crippen LogP contribution in [0.15, 0.2) is 10.5 Å². The van der Waals surface area contributed by atoms with Crippen molar-refractivity contribution in [2.75, 3.05) is 20.1 Å². The zero-order valence-electron chi connectivity index (χ0n) is 13.5. The molecular weight excluding hydrogens is 352 g/mol. The van der Waals surface area contributed by atoms with Crippen molar-refractivity contribution in [3.63, 3.8) is 0 Å². The third kappa shape index (κ3) is 7.29. The molecule has 0 aromatic carbocycles. The van der Waals surface area contributed by atoms with Crippen LogP contribution in [0.25, 0.3) is 0 Å². The summed E-state index contributed by atoms with van der Waals surface area (Å²) in [5, 5.41) is 3.40. The summed E-state index contributed by atoms with van der Waals surface area (Å²) in [6.45, 7) is 10.2. The summed E-state index contributed by atoms with van der Waals surface area (Å²) in [6.07, 6.45) is 0.640. The zero-order chi connectivity index (χ0) is 16.0. The quantitative estimate of drug-likeness (QED) is 0.757. The van der Waals surface area contributed by atoms with E-state index >= 15 is 0 Å². The molecule has 4 nitrogen and oxygen atoms in total. The number of ether oxygens (including phenoxy) is 1. The highest BCUT2D eigenvalue weighted by atomic mass is 79.9. The second-order valence-electron chi connectivity index (χ2n) is 6.05. The lowest BCUT2D eigenvalue weighted by Gasteiger charge is -2.24. The van der Waals surface area contributed by atoms with Gasteiger partial charge in [0.1, 0.15) is 5.60 Å². The van der Waals surface area contributed by atoms with E-state index in [1.165, 1.54) is 14.2 Å². The highest BCUT2D eigenvalue weighted by Gasteiger charge is 2.18. The molecule has 1 aromatic heterocycles. The van der Waals surface area contributed by atoms with Gasteiger partial charge in [-0.2, -0.15) is 0 Å². The molecule has 21 heavy (non-hydrogen) atoms. The normalized spacial score (nSPS) is 11.5. The van der Waals surface area contributed by atoms with Gasteiger partial charge >= 0.3 is 6.09 Å². The van der Waals surface area contributed by atoms with Crippen molar-refractivity contribution in [3.8, 4) is 0 Å². The Kier molecular flexibility index (Phi) is 7.16. The van der Waals surface area contributed by atoms with Crippen molar-refractivity contribution in [1.82, 2.24) is 10.2 Å². The molecule has 120 valence electrons. The maximum atomic E-state index is 11.8. The predicted molar refractivity (Wildman–Crippen MR) is 91.9 cm³/mol. The molecule has 0 aliphatic heterocycles. The van der Waals surface area contributed by atoms with Gasteiger partial charge in [-0.05, 0) is 62.7 Å². The van der Waals surface area contributed by atoms with Gasteiger partial charge < -0.3 is 15.0 Å². The van der Waals surface area contributed by atoms with Gasteiger partial charge in [0.05, 0.1) is 0 Å². The standard InChI is InChI=1S/C15H25BrN2O2S/c1-11-13(16)9-12(21-11)10-17-7-6-8-18(5)14(19)20-15(2,3)4/h9,17H,6-8,10H2,1-5H3. The molecule has 6 heteroatoms. The second kappa shape index (κ2) is 8.15. The van der Waals surface area contributed by atoms with Crippen LogP contribution in [0, 0.1) is 6.92 Å². The van der Waals surface area contributed by atoms with Crippen LogP contribution in [-0.4, -0.2) is 36.7 Å². The average Bonchev–Trinajstić information content (AvgIpc) is 2.66. The van der Waals surface area contributed by atoms with Gasteiger partial charge in [0, 0.05) is 34.4 Å². The first kappa shape index (κ1) is 18.5. The Balaban J connectivity index is 2.17. The van der Waals surface area contributed by atoms with Gasteiger partial charge in [0.15, 0.2) is 0 Å². The van der Waals surface area contributed by atoms with Crippen LogP contribution in [0.2, 0.25) is 0 Å². The molecule has 0 aliphatic rings. The molecule has 0 radical (unpaired) electrons. The summed E-state index contributed by atoms with van der Waals surface area (Å²) >= 11 is 5.32. The molecule has 0 fully saturated rings. The summed E-state index contributed by atoms with van der Waals surface area (Å²) in [4.78, 5) is 16.0. The highest BCUT2D eigenvalue weighted by Crippen LogP contribution is 2.25. The van der Waals surface area contributed by atoms with E-state index in [1.807, 2.05) is 20.8 Å². The number of aryl methyl sites for hydroxylation is 1. The molecule has 0 unspecified atom stereocenters. The molecule has 0 atom stereocenters. The van der Waals surface area contributed by atoms with E-state index in [-0.39, 0.29) is 6.09 Å². The van der Waals surface area contributed by atoms with Crippen LogP contribution < -0.4 is 5.32 Å². The largest absolute Gasteiger partial charge is 0.444 e. The van der Waals surface area contributed by atoms with Crippen LogP contribution in [0.4, 0.5) is 4.79 Å². The predicted octanol–water partition coefficient (Wildman–Crippen LogP) is 4.17. The first-order chi connectivity index (χ1) is 9.69. The summed E-state index contributed by atoms with van der Waals surface area (Å²) in [7, 11) is 1.77. The van der Waals surface area contributed by atoms with E-state index in [2.05, 4.69) is 34.2 Å². The third-order valence-electron chi connectivity index (χ3n) is 2.76. The Labute approximate surface area is 140 Å². The van der Waals surface area contributed by atoms with Crippen molar-refractivity contribution in [1.29, 1.82) is 0 Å². The second-order valence-corrected chi connectivity index (χ2v) is 8.24. The summed E-state index contributed by atoms with van der Waals surface area (Å²) in [5.41, 5.74) is -0.436. The number of hydrogen-bond acceptors (Lipinski definition) is 4. The Morgan fingerprint density at radius 2 is 2.14 bits per heavy atom. The van der Waals surface area contributed by atoms with Gasteiger partial charge in [-0.15, -0.1) is 11.3 Å². The molecule has 1 rings (SSSR count). The van der Waals surface area contributed by atoms with Crippen molar-refractivity contribution in [3.05, 3.63) is 20.3 Å². The van der Waals surface area contributed by atoms with Gasteiger partial charge in [-0.25, -0.2) is 4.79 Å². The van der Waals surface area contributed by atoms with Crippen molar-refractivity contribution in [2.24, 2.45) is 0 Å². The molecule has 1 amide bonds. The summed E-state index contributed by atoms with van der Waals surface area (Å²) in [6, 6.07) is 2.15. The number of carbonyl (C=O) groups is 1. The smallest absolute Gasteiger partial charge is 0.410 e. The summed E-state index contributed by atoms with van der Waals surface area (Å²) in [5.74, 6) is 0. The topological polar surface area (TPSA) is 41.6 Å². The monoisotopic (exact) mass is 376 g/mol. The molecule has 0 spiro atoms. The van der Waals surface area contributed by atoms with E-state index in [0.29, 0.717) is 6.54 Å². The van der Waals surface area contributed by atoms with E-state index in [0.717, 1.165) is 19.5 Å². The first-order valence-corrected chi connectivity index (χ1v) is 8.69. The van der Waals surface area contributed by atoms with Crippen LogP contribution in [0.1, 0.15) is 36.9 Å². The van der Waals surface area contributed by atoms with Gasteiger partial charge in [-0.1, -0.05) is 0 Å². The Hall–Kier alpha value is -0.590. The van der Waals surface area contributed by atoms with Crippen molar-refractivity contribution >= 4 is 33.4 Å². The first-order valence-electron chi connectivity index (χ1n) is 7.08. The lowest BCUT2D eigenvalue weighted by molar-refractivity contribution is 0.0297. The van der Waals surface area contributed by atoms with E-state index < -0.39 is 5.60 Å². The molecule has 1 heterocycles. The Morgan fingerprint density at radius 1 is 1.48 bits per heavy atom. The SMILES string of the molecule is Cc1sc(CNCCCN(C)C(=O)OC(C)(C)C)cc1Br. The fourth-order valence-electron chi connectivity index (χ4n) is 1.69. The lowest BCUT2D eigenvalue weighted by atomic mass is 10.2. The highest BCUT2D eigenvalue weighted by molar-refractivity contribution is 9.10. The minimum atomic E-state index is -0.436. The molecule has 1 N–H and O–H groups in total. The van der Waals surface area contributed by atoms with Crippen LogP contribution in [0.3, 0.4) is 0 Å². The minimum Gasteiger partial charge on any atom is -0.444 e. The molecule has 0 aliphatic carbocycles. The number of rotatable bonds is 6.